The second-order valence-corrected chi connectivity index (χ2v) is 11.3. The van der Waals surface area contributed by atoms with Gasteiger partial charge in [0.2, 0.25) is 0 Å². The molecule has 0 radical (unpaired) electrons. The third-order valence-electron chi connectivity index (χ3n) is 8.87. The first-order chi connectivity index (χ1) is 19.6. The maximum Gasteiger partial charge on any atom is 0.335 e. The minimum absolute atomic E-state index is 0.290. The van der Waals surface area contributed by atoms with E-state index in [2.05, 4.69) is 45.1 Å². The van der Waals surface area contributed by atoms with Crippen LogP contribution in [-0.4, -0.2) is 53.3 Å². The molecule has 1 saturated carbocycles. The average Bonchev–Trinajstić information content (AvgIpc) is 3.20. The average molecular weight is 540 g/mol. The fourth-order valence-electron chi connectivity index (χ4n) is 6.92. The standard InChI is InChI=1S/C32H37N5O3/c1-34-31(37(35-33)19-21-13-15-40-16-14-21)25-17-23-9-5-6-10-26(23)30-29(22-7-3-2-4-8-22)27-12-11-24(32(38)39)18-28(27)36(30)20-25/h5-6,9-12,17-18,21-22,33H,2-4,7-8,13-16,19-20H2,1H3,(H,38,39). The summed E-state index contributed by atoms with van der Waals surface area (Å²) >= 11 is 0. The molecule has 2 aliphatic heterocycles. The number of amidine groups is 1. The number of aromatic carboxylic acids is 1. The zero-order valence-corrected chi connectivity index (χ0v) is 23.1. The predicted molar refractivity (Wildman–Crippen MR) is 157 cm³/mol. The third kappa shape index (κ3) is 4.85. The number of aromatic nitrogens is 1. The van der Waals surface area contributed by atoms with Crippen molar-refractivity contribution in [2.75, 3.05) is 26.8 Å². The molecule has 40 heavy (non-hydrogen) atoms. The number of hydrogen-bond acceptors (Lipinski definition) is 5. The van der Waals surface area contributed by atoms with Crippen molar-refractivity contribution in [3.63, 3.8) is 0 Å². The lowest BCUT2D eigenvalue weighted by molar-refractivity contribution is 0.0590. The molecule has 8 nitrogen and oxygen atoms in total. The minimum Gasteiger partial charge on any atom is -0.478 e. The molecule has 3 aromatic rings. The smallest absolute Gasteiger partial charge is 0.335 e. The summed E-state index contributed by atoms with van der Waals surface area (Å²) in [7, 11) is 1.76. The van der Waals surface area contributed by atoms with Gasteiger partial charge in [-0.1, -0.05) is 54.8 Å². The molecule has 208 valence electrons. The van der Waals surface area contributed by atoms with Gasteiger partial charge in [0.05, 0.1) is 17.8 Å². The van der Waals surface area contributed by atoms with Crippen molar-refractivity contribution in [3.8, 4) is 11.3 Å². The van der Waals surface area contributed by atoms with Gasteiger partial charge in [-0.05, 0) is 66.9 Å². The number of ether oxygens (including phenoxy) is 1. The van der Waals surface area contributed by atoms with Gasteiger partial charge >= 0.3 is 5.97 Å². The summed E-state index contributed by atoms with van der Waals surface area (Å²) in [5.41, 5.74) is 15.0. The first kappa shape index (κ1) is 26.4. The van der Waals surface area contributed by atoms with E-state index in [1.165, 1.54) is 30.5 Å². The van der Waals surface area contributed by atoms with E-state index in [1.807, 2.05) is 12.1 Å². The number of nitrogens with one attached hydrogen (secondary N) is 1. The largest absolute Gasteiger partial charge is 0.478 e. The molecule has 6 rings (SSSR count). The predicted octanol–water partition coefficient (Wildman–Crippen LogP) is 7.15. The van der Waals surface area contributed by atoms with E-state index in [9.17, 15) is 9.90 Å². The summed E-state index contributed by atoms with van der Waals surface area (Å²) < 4.78 is 7.85. The molecule has 2 aromatic carbocycles. The SMILES string of the molecule is CN=C(C1=Cc2ccccc2-c2c(C3CCCCC3)c3ccc(C(=O)O)cc3n2C1)N(CC1CCOCC1)N=N. The Kier molecular flexibility index (Phi) is 7.52. The van der Waals surface area contributed by atoms with Gasteiger partial charge in [0, 0.05) is 48.8 Å². The molecule has 0 amide bonds. The first-order valence-electron chi connectivity index (χ1n) is 14.5. The molecule has 1 aliphatic carbocycles. The zero-order valence-electron chi connectivity index (χ0n) is 23.1. The van der Waals surface area contributed by atoms with Crippen LogP contribution < -0.4 is 0 Å². The van der Waals surface area contributed by atoms with Crippen molar-refractivity contribution < 1.29 is 14.6 Å². The van der Waals surface area contributed by atoms with Gasteiger partial charge in [-0.2, -0.15) is 5.53 Å². The Bertz CT molecular complexity index is 1490. The summed E-state index contributed by atoms with van der Waals surface area (Å²) in [5.74, 6) is 0.579. The number of aliphatic imine (C=N–C) groups is 1. The lowest BCUT2D eigenvalue weighted by Crippen LogP contribution is -2.35. The quantitative estimate of drug-likeness (QED) is 0.150. The number of carbonyl (C=O) groups is 1. The van der Waals surface area contributed by atoms with E-state index >= 15 is 0 Å². The van der Waals surface area contributed by atoms with Crippen LogP contribution in [-0.2, 0) is 11.3 Å². The lowest BCUT2D eigenvalue weighted by Gasteiger charge is -2.28. The Hall–Kier alpha value is -3.78. The molecular formula is C32H37N5O3. The Morgan fingerprint density at radius 2 is 1.88 bits per heavy atom. The third-order valence-corrected chi connectivity index (χ3v) is 8.87. The number of hydrogen-bond donors (Lipinski definition) is 2. The number of carboxylic acids is 1. The van der Waals surface area contributed by atoms with Gasteiger partial charge in [0.25, 0.3) is 0 Å². The molecule has 0 atom stereocenters. The molecule has 1 saturated heterocycles. The van der Waals surface area contributed by atoms with E-state index in [0.717, 1.165) is 66.5 Å². The van der Waals surface area contributed by atoms with Crippen LogP contribution in [0.1, 0.15) is 72.3 Å². The molecule has 3 heterocycles. The molecule has 0 unspecified atom stereocenters. The number of carboxylic acid groups (broad SMARTS) is 1. The summed E-state index contributed by atoms with van der Waals surface area (Å²) in [6.45, 7) is 2.61. The monoisotopic (exact) mass is 539 g/mol. The summed E-state index contributed by atoms with van der Waals surface area (Å²) in [5, 5.41) is 16.7. The van der Waals surface area contributed by atoms with Crippen molar-refractivity contribution in [1.82, 2.24) is 9.58 Å². The number of benzene rings is 2. The van der Waals surface area contributed by atoms with Crippen LogP contribution in [0.4, 0.5) is 0 Å². The van der Waals surface area contributed by atoms with Gasteiger partial charge < -0.3 is 14.4 Å². The molecule has 0 spiro atoms. The highest BCUT2D eigenvalue weighted by Crippen LogP contribution is 2.46. The van der Waals surface area contributed by atoms with Crippen LogP contribution in [0.15, 0.2) is 58.3 Å². The Morgan fingerprint density at radius 1 is 1.10 bits per heavy atom. The second kappa shape index (κ2) is 11.4. The number of rotatable bonds is 6. The molecular weight excluding hydrogens is 502 g/mol. The van der Waals surface area contributed by atoms with E-state index in [-0.39, 0.29) is 5.56 Å². The molecule has 0 bridgehead atoms. The second-order valence-electron chi connectivity index (χ2n) is 11.3. The maximum absolute atomic E-state index is 12.0. The molecule has 3 aliphatic rings. The van der Waals surface area contributed by atoms with Crippen molar-refractivity contribution in [2.24, 2.45) is 16.1 Å². The minimum atomic E-state index is -0.923. The van der Waals surface area contributed by atoms with Crippen molar-refractivity contribution in [1.29, 1.82) is 5.53 Å². The van der Waals surface area contributed by atoms with Crippen LogP contribution in [0.5, 0.6) is 0 Å². The van der Waals surface area contributed by atoms with E-state index < -0.39 is 5.97 Å². The summed E-state index contributed by atoms with van der Waals surface area (Å²) in [6.07, 6.45) is 10.1. The maximum atomic E-state index is 12.0. The van der Waals surface area contributed by atoms with Gasteiger partial charge in [0.1, 0.15) is 5.84 Å². The molecule has 1 aromatic heterocycles. The Morgan fingerprint density at radius 3 is 2.60 bits per heavy atom. The van der Waals surface area contributed by atoms with Crippen LogP contribution in [0.25, 0.3) is 28.2 Å². The van der Waals surface area contributed by atoms with Gasteiger partial charge in [0.15, 0.2) is 0 Å². The van der Waals surface area contributed by atoms with Gasteiger partial charge in [-0.3, -0.25) is 4.99 Å². The fraction of sp³-hybridized carbons (Fsp3) is 0.438. The summed E-state index contributed by atoms with van der Waals surface area (Å²) in [4.78, 5) is 16.7. The van der Waals surface area contributed by atoms with Gasteiger partial charge in [-0.15, -0.1) is 0 Å². The Balaban J connectivity index is 1.52. The topological polar surface area (TPSA) is 103 Å². The zero-order chi connectivity index (χ0) is 27.6. The van der Waals surface area contributed by atoms with Crippen molar-refractivity contribution in [3.05, 3.63) is 64.7 Å². The van der Waals surface area contributed by atoms with Crippen molar-refractivity contribution in [2.45, 2.75) is 57.4 Å². The van der Waals surface area contributed by atoms with Crippen LogP contribution >= 0.6 is 0 Å². The molecule has 2 fully saturated rings. The highest BCUT2D eigenvalue weighted by molar-refractivity contribution is 6.05. The lowest BCUT2D eigenvalue weighted by atomic mass is 9.81. The number of nitrogens with zero attached hydrogens (tertiary/aromatic N) is 4. The summed E-state index contributed by atoms with van der Waals surface area (Å²) in [6, 6.07) is 14.1. The van der Waals surface area contributed by atoms with E-state index in [4.69, 9.17) is 10.3 Å². The highest BCUT2D eigenvalue weighted by atomic mass is 16.5. The van der Waals surface area contributed by atoms with E-state index in [0.29, 0.717) is 30.8 Å². The van der Waals surface area contributed by atoms with Gasteiger partial charge in [-0.25, -0.2) is 9.80 Å². The van der Waals surface area contributed by atoms with E-state index in [1.54, 1.807) is 18.1 Å². The number of fused-ring (bicyclic) bond motifs is 5. The Labute approximate surface area is 234 Å². The molecule has 2 N–H and O–H groups in total. The molecule has 8 heteroatoms. The fourth-order valence-corrected chi connectivity index (χ4v) is 6.92. The first-order valence-corrected chi connectivity index (χ1v) is 14.5. The van der Waals surface area contributed by atoms with Crippen molar-refractivity contribution >= 4 is 28.8 Å². The highest BCUT2D eigenvalue weighted by Gasteiger charge is 2.31. The van der Waals surface area contributed by atoms with Crippen LogP contribution in [0, 0.1) is 11.4 Å². The normalized spacial score (nSPS) is 18.5. The van der Waals surface area contributed by atoms with Crippen LogP contribution in [0.2, 0.25) is 0 Å². The van der Waals surface area contributed by atoms with Crippen LogP contribution in [0.3, 0.4) is 0 Å².